The van der Waals surface area contributed by atoms with Gasteiger partial charge in [0.2, 0.25) is 5.91 Å². The highest BCUT2D eigenvalue weighted by atomic mass is 32.1. The third kappa shape index (κ3) is 3.77. The second-order valence-electron chi connectivity index (χ2n) is 6.54. The van der Waals surface area contributed by atoms with Crippen molar-refractivity contribution in [3.05, 3.63) is 58.3 Å². The molecule has 1 amide bonds. The maximum absolute atomic E-state index is 12.4. The first kappa shape index (κ1) is 18.2. The molecule has 7 nitrogen and oxygen atoms in total. The van der Waals surface area contributed by atoms with E-state index in [-0.39, 0.29) is 6.42 Å². The van der Waals surface area contributed by atoms with Gasteiger partial charge in [-0.05, 0) is 42.3 Å². The van der Waals surface area contributed by atoms with Crippen LogP contribution in [0.1, 0.15) is 28.6 Å². The summed E-state index contributed by atoms with van der Waals surface area (Å²) in [6, 6.07) is 7.75. The standard InChI is InChI=1S/C20H18N2O5S/c1-11-2-4-16(27-11)19-21-14(10-28-19)9-17(23)22-18(20(24)25)13-3-5-15-12(8-13)6-7-26-15/h2-5,8,10,18H,6-7,9H2,1H3,(H,22,23)(H,24,25). The lowest BCUT2D eigenvalue weighted by Gasteiger charge is -2.15. The number of carboxylic acid groups (broad SMARTS) is 1. The Hall–Kier alpha value is -3.13. The molecule has 0 saturated heterocycles. The fourth-order valence-electron chi connectivity index (χ4n) is 3.10. The lowest BCUT2D eigenvalue weighted by Crippen LogP contribution is -2.34. The third-order valence-corrected chi connectivity index (χ3v) is 5.35. The van der Waals surface area contributed by atoms with Gasteiger partial charge in [0.05, 0.1) is 18.7 Å². The Labute approximate surface area is 165 Å². The Morgan fingerprint density at radius 1 is 1.32 bits per heavy atom. The van der Waals surface area contributed by atoms with Crippen molar-refractivity contribution in [2.75, 3.05) is 6.61 Å². The van der Waals surface area contributed by atoms with Gasteiger partial charge in [0.25, 0.3) is 0 Å². The number of aromatic nitrogens is 1. The SMILES string of the molecule is Cc1ccc(-c2nc(CC(=O)NC(C(=O)O)c3ccc4c(c3)CCO4)cs2)o1. The number of nitrogens with zero attached hydrogens (tertiary/aromatic N) is 1. The zero-order chi connectivity index (χ0) is 19.7. The first-order valence-corrected chi connectivity index (χ1v) is 9.66. The van der Waals surface area contributed by atoms with Gasteiger partial charge >= 0.3 is 5.97 Å². The van der Waals surface area contributed by atoms with Gasteiger partial charge in [-0.25, -0.2) is 9.78 Å². The molecule has 4 rings (SSSR count). The molecule has 1 aromatic carbocycles. The van der Waals surface area contributed by atoms with Gasteiger partial charge in [-0.1, -0.05) is 6.07 Å². The van der Waals surface area contributed by atoms with Crippen molar-refractivity contribution in [3.8, 4) is 16.5 Å². The van der Waals surface area contributed by atoms with E-state index in [0.29, 0.717) is 28.6 Å². The fraction of sp³-hybridized carbons (Fsp3) is 0.250. The maximum Gasteiger partial charge on any atom is 0.330 e. The van der Waals surface area contributed by atoms with E-state index < -0.39 is 17.9 Å². The number of fused-ring (bicyclic) bond motifs is 1. The summed E-state index contributed by atoms with van der Waals surface area (Å²) in [5.41, 5.74) is 2.05. The third-order valence-electron chi connectivity index (χ3n) is 4.44. The summed E-state index contributed by atoms with van der Waals surface area (Å²) < 4.78 is 11.0. The largest absolute Gasteiger partial charge is 0.493 e. The Balaban J connectivity index is 1.45. The molecular formula is C20H18N2O5S. The average Bonchev–Trinajstić information content (AvgIpc) is 3.39. The molecule has 0 radical (unpaired) electrons. The van der Waals surface area contributed by atoms with Gasteiger partial charge in [-0.2, -0.15) is 0 Å². The van der Waals surface area contributed by atoms with Gasteiger partial charge in [-0.15, -0.1) is 11.3 Å². The second kappa shape index (κ2) is 7.47. The first-order chi connectivity index (χ1) is 13.5. The molecule has 144 valence electrons. The minimum absolute atomic E-state index is 0.00593. The number of aryl methyl sites for hydroxylation is 1. The van der Waals surface area contributed by atoms with Crippen LogP contribution in [0.15, 0.2) is 40.1 Å². The van der Waals surface area contributed by atoms with Gasteiger partial charge in [-0.3, -0.25) is 4.79 Å². The number of hydrogen-bond acceptors (Lipinski definition) is 6. The summed E-state index contributed by atoms with van der Waals surface area (Å²) in [6.45, 7) is 2.44. The van der Waals surface area contributed by atoms with Crippen LogP contribution in [0.25, 0.3) is 10.8 Å². The highest BCUT2D eigenvalue weighted by Gasteiger charge is 2.24. The number of hydrogen-bond donors (Lipinski definition) is 2. The predicted octanol–water partition coefficient (Wildman–Crippen LogP) is 3.13. The second-order valence-corrected chi connectivity index (χ2v) is 7.39. The number of carbonyl (C=O) groups is 2. The monoisotopic (exact) mass is 398 g/mol. The van der Waals surface area contributed by atoms with Gasteiger partial charge in [0, 0.05) is 11.8 Å². The minimum Gasteiger partial charge on any atom is -0.493 e. The molecule has 2 aromatic heterocycles. The Kier molecular flexibility index (Phi) is 4.87. The number of furan rings is 1. The summed E-state index contributed by atoms with van der Waals surface area (Å²) in [5, 5.41) is 14.6. The van der Waals surface area contributed by atoms with Crippen molar-refractivity contribution in [1.29, 1.82) is 0 Å². The van der Waals surface area contributed by atoms with Crippen LogP contribution in [0.2, 0.25) is 0 Å². The molecule has 1 aliphatic rings. The average molecular weight is 398 g/mol. The van der Waals surface area contributed by atoms with Crippen LogP contribution in [-0.4, -0.2) is 28.6 Å². The number of carboxylic acids is 1. The Bertz CT molecular complexity index is 1040. The summed E-state index contributed by atoms with van der Waals surface area (Å²) in [5.74, 6) is 0.683. The van der Waals surface area contributed by atoms with Crippen LogP contribution in [-0.2, 0) is 22.4 Å². The van der Waals surface area contributed by atoms with Crippen LogP contribution in [0.4, 0.5) is 0 Å². The van der Waals surface area contributed by atoms with Crippen molar-refractivity contribution in [2.24, 2.45) is 0 Å². The highest BCUT2D eigenvalue weighted by molar-refractivity contribution is 7.13. The number of benzene rings is 1. The van der Waals surface area contributed by atoms with Crippen LogP contribution in [0.5, 0.6) is 5.75 Å². The topological polar surface area (TPSA) is 102 Å². The van der Waals surface area contributed by atoms with E-state index in [2.05, 4.69) is 10.3 Å². The van der Waals surface area contributed by atoms with Crippen LogP contribution in [0.3, 0.4) is 0 Å². The van der Waals surface area contributed by atoms with E-state index in [9.17, 15) is 14.7 Å². The summed E-state index contributed by atoms with van der Waals surface area (Å²) in [7, 11) is 0. The van der Waals surface area contributed by atoms with Crippen LogP contribution < -0.4 is 10.1 Å². The van der Waals surface area contributed by atoms with Crippen molar-refractivity contribution in [3.63, 3.8) is 0 Å². The Morgan fingerprint density at radius 3 is 2.93 bits per heavy atom. The smallest absolute Gasteiger partial charge is 0.330 e. The van der Waals surface area contributed by atoms with Crippen molar-refractivity contribution in [1.82, 2.24) is 10.3 Å². The molecule has 8 heteroatoms. The molecular weight excluding hydrogens is 380 g/mol. The molecule has 0 spiro atoms. The molecule has 0 fully saturated rings. The highest BCUT2D eigenvalue weighted by Crippen LogP contribution is 2.29. The fourth-order valence-corrected chi connectivity index (χ4v) is 3.88. The number of thiazole rings is 1. The zero-order valence-corrected chi connectivity index (χ0v) is 15.9. The molecule has 0 aliphatic carbocycles. The summed E-state index contributed by atoms with van der Waals surface area (Å²) in [6.07, 6.45) is 0.728. The molecule has 0 bridgehead atoms. The molecule has 3 aromatic rings. The normalized spacial score (nSPS) is 13.6. The van der Waals surface area contributed by atoms with Gasteiger partial charge in [0.1, 0.15) is 11.5 Å². The molecule has 1 unspecified atom stereocenters. The lowest BCUT2D eigenvalue weighted by atomic mass is 10.0. The van der Waals surface area contributed by atoms with E-state index in [1.165, 1.54) is 11.3 Å². The number of rotatable bonds is 6. The minimum atomic E-state index is -1.12. The van der Waals surface area contributed by atoms with Crippen LogP contribution in [0, 0.1) is 6.92 Å². The number of nitrogens with one attached hydrogen (secondary N) is 1. The van der Waals surface area contributed by atoms with E-state index in [4.69, 9.17) is 9.15 Å². The Morgan fingerprint density at radius 2 is 2.18 bits per heavy atom. The summed E-state index contributed by atoms with van der Waals surface area (Å²) >= 11 is 1.38. The first-order valence-electron chi connectivity index (χ1n) is 8.78. The molecule has 28 heavy (non-hydrogen) atoms. The lowest BCUT2D eigenvalue weighted by molar-refractivity contribution is -0.142. The number of amides is 1. The number of carbonyl (C=O) groups excluding carboxylic acids is 1. The molecule has 1 atom stereocenters. The van der Waals surface area contributed by atoms with E-state index in [1.54, 1.807) is 23.6 Å². The van der Waals surface area contributed by atoms with Crippen molar-refractivity contribution >= 4 is 23.2 Å². The predicted molar refractivity (Wildman–Crippen MR) is 102 cm³/mol. The van der Waals surface area contributed by atoms with E-state index in [0.717, 1.165) is 23.5 Å². The van der Waals surface area contributed by atoms with E-state index in [1.807, 2.05) is 19.1 Å². The molecule has 2 N–H and O–H groups in total. The molecule has 0 saturated carbocycles. The van der Waals surface area contributed by atoms with Gasteiger partial charge in [0.15, 0.2) is 16.8 Å². The van der Waals surface area contributed by atoms with Crippen LogP contribution >= 0.6 is 11.3 Å². The maximum atomic E-state index is 12.4. The number of ether oxygens (including phenoxy) is 1. The number of aliphatic carboxylic acids is 1. The van der Waals surface area contributed by atoms with Crippen molar-refractivity contribution in [2.45, 2.75) is 25.8 Å². The van der Waals surface area contributed by atoms with Crippen molar-refractivity contribution < 1.29 is 23.8 Å². The van der Waals surface area contributed by atoms with Gasteiger partial charge < -0.3 is 19.6 Å². The molecule has 3 heterocycles. The quantitative estimate of drug-likeness (QED) is 0.661. The summed E-state index contributed by atoms with van der Waals surface area (Å²) in [4.78, 5) is 28.5. The molecule has 1 aliphatic heterocycles. The van der Waals surface area contributed by atoms with E-state index >= 15 is 0 Å². The zero-order valence-electron chi connectivity index (χ0n) is 15.1.